The van der Waals surface area contributed by atoms with Gasteiger partial charge in [-0.1, -0.05) is 0 Å². The predicted molar refractivity (Wildman–Crippen MR) is 75.1 cm³/mol. The van der Waals surface area contributed by atoms with E-state index in [0.717, 1.165) is 0 Å². The quantitative estimate of drug-likeness (QED) is 0.548. The van der Waals surface area contributed by atoms with Crippen molar-refractivity contribution in [3.63, 3.8) is 0 Å². The van der Waals surface area contributed by atoms with Crippen molar-refractivity contribution >= 4 is 32.2 Å². The first-order valence-corrected chi connectivity index (χ1v) is 7.28. The minimum absolute atomic E-state index is 0.0427. The summed E-state index contributed by atoms with van der Waals surface area (Å²) in [6, 6.07) is 6.70. The van der Waals surface area contributed by atoms with E-state index in [9.17, 15) is 13.5 Å². The highest BCUT2D eigenvalue weighted by molar-refractivity contribution is 7.85. The van der Waals surface area contributed by atoms with Crippen LogP contribution in [0.1, 0.15) is 0 Å². The monoisotopic (exact) mass is 306 g/mol. The zero-order valence-electron chi connectivity index (χ0n) is 10.8. The summed E-state index contributed by atoms with van der Waals surface area (Å²) in [6.45, 7) is 0. The molecule has 21 heavy (non-hydrogen) atoms. The number of aromatic nitrogens is 2. The smallest absolute Gasteiger partial charge is 0.294 e. The summed E-state index contributed by atoms with van der Waals surface area (Å²) in [5.74, 6) is 0.317. The van der Waals surface area contributed by atoms with Crippen LogP contribution in [-0.2, 0) is 10.1 Å². The van der Waals surface area contributed by atoms with E-state index in [-0.39, 0.29) is 16.2 Å². The van der Waals surface area contributed by atoms with Gasteiger partial charge < -0.3 is 9.84 Å². The minimum Gasteiger partial charge on any atom is -0.508 e. The number of phenolic OH excluding ortho intramolecular Hbond substituents is 1. The molecule has 0 unspecified atom stereocenters. The van der Waals surface area contributed by atoms with Crippen LogP contribution in [0, 0.1) is 0 Å². The zero-order valence-corrected chi connectivity index (χ0v) is 11.6. The topological polar surface area (TPSA) is 110 Å². The van der Waals surface area contributed by atoms with E-state index in [2.05, 4.69) is 9.97 Å². The molecule has 0 aliphatic heterocycles. The van der Waals surface area contributed by atoms with E-state index in [1.807, 2.05) is 0 Å². The van der Waals surface area contributed by atoms with Crippen molar-refractivity contribution in [3.8, 4) is 11.5 Å². The Morgan fingerprint density at radius 3 is 2.48 bits per heavy atom. The van der Waals surface area contributed by atoms with E-state index in [1.54, 1.807) is 0 Å². The Hall–Kier alpha value is -2.45. The van der Waals surface area contributed by atoms with Crippen LogP contribution in [0.2, 0.25) is 0 Å². The molecule has 0 saturated heterocycles. The van der Waals surface area contributed by atoms with Gasteiger partial charge in [0, 0.05) is 12.1 Å². The fourth-order valence-corrected chi connectivity index (χ4v) is 2.53. The third-order valence-corrected chi connectivity index (χ3v) is 3.83. The SMILES string of the molecule is COc1cc(O)cc2nc3cc(S(=O)(=O)O)ccc3nc12. The number of ether oxygens (including phenoxy) is 1. The molecular weight excluding hydrogens is 296 g/mol. The zero-order chi connectivity index (χ0) is 15.2. The summed E-state index contributed by atoms with van der Waals surface area (Å²) in [4.78, 5) is 8.31. The Bertz CT molecular complexity index is 969. The second-order valence-corrected chi connectivity index (χ2v) is 5.79. The van der Waals surface area contributed by atoms with Gasteiger partial charge in [-0.3, -0.25) is 4.55 Å². The number of aromatic hydroxyl groups is 1. The minimum atomic E-state index is -4.31. The molecule has 3 rings (SSSR count). The fraction of sp³-hybridized carbons (Fsp3) is 0.0769. The first kappa shape index (κ1) is 13.5. The Kier molecular flexibility index (Phi) is 2.92. The van der Waals surface area contributed by atoms with Crippen molar-refractivity contribution in [1.82, 2.24) is 9.97 Å². The lowest BCUT2D eigenvalue weighted by atomic mass is 10.2. The molecule has 2 aromatic carbocycles. The van der Waals surface area contributed by atoms with E-state index in [4.69, 9.17) is 9.29 Å². The van der Waals surface area contributed by atoms with Gasteiger partial charge in [-0.2, -0.15) is 8.42 Å². The first-order chi connectivity index (χ1) is 9.88. The number of hydrogen-bond acceptors (Lipinski definition) is 6. The average molecular weight is 306 g/mol. The molecule has 0 radical (unpaired) electrons. The van der Waals surface area contributed by atoms with Crippen molar-refractivity contribution in [2.45, 2.75) is 4.90 Å². The third-order valence-electron chi connectivity index (χ3n) is 2.98. The summed E-state index contributed by atoms with van der Waals surface area (Å²) in [6.07, 6.45) is 0. The van der Waals surface area contributed by atoms with Crippen molar-refractivity contribution in [2.75, 3.05) is 7.11 Å². The molecule has 0 bridgehead atoms. The molecule has 0 spiro atoms. The highest BCUT2D eigenvalue weighted by Gasteiger charge is 2.13. The number of nitrogens with zero attached hydrogens (tertiary/aromatic N) is 2. The lowest BCUT2D eigenvalue weighted by Crippen LogP contribution is -1.99. The summed E-state index contributed by atoms with van der Waals surface area (Å²) in [7, 11) is -2.86. The van der Waals surface area contributed by atoms with Crippen LogP contribution in [0.4, 0.5) is 0 Å². The van der Waals surface area contributed by atoms with E-state index < -0.39 is 10.1 Å². The third kappa shape index (κ3) is 2.34. The molecule has 0 aliphatic carbocycles. The van der Waals surface area contributed by atoms with Crippen LogP contribution in [0.5, 0.6) is 11.5 Å². The van der Waals surface area contributed by atoms with Gasteiger partial charge in [0.15, 0.2) is 0 Å². The highest BCUT2D eigenvalue weighted by Crippen LogP contribution is 2.30. The number of methoxy groups -OCH3 is 1. The Morgan fingerprint density at radius 2 is 1.81 bits per heavy atom. The Labute approximate surface area is 119 Å². The van der Waals surface area contributed by atoms with E-state index >= 15 is 0 Å². The van der Waals surface area contributed by atoms with E-state index in [0.29, 0.717) is 22.3 Å². The Balaban J connectivity index is 2.38. The molecule has 108 valence electrons. The molecule has 0 amide bonds. The second kappa shape index (κ2) is 4.54. The van der Waals surface area contributed by atoms with Crippen LogP contribution in [0.25, 0.3) is 22.1 Å². The molecule has 1 aromatic heterocycles. The second-order valence-electron chi connectivity index (χ2n) is 4.36. The van der Waals surface area contributed by atoms with Gasteiger partial charge in [0.05, 0.1) is 28.6 Å². The summed E-state index contributed by atoms with van der Waals surface area (Å²) in [5, 5.41) is 9.61. The summed E-state index contributed by atoms with van der Waals surface area (Å²) < 4.78 is 36.5. The molecule has 0 saturated carbocycles. The molecule has 7 nitrogen and oxygen atoms in total. The van der Waals surface area contributed by atoms with Crippen molar-refractivity contribution < 1.29 is 22.8 Å². The molecule has 0 fully saturated rings. The average Bonchev–Trinajstić information content (AvgIpc) is 2.42. The van der Waals surface area contributed by atoms with Crippen LogP contribution < -0.4 is 4.74 Å². The van der Waals surface area contributed by atoms with Crippen LogP contribution in [-0.4, -0.2) is 35.2 Å². The van der Waals surface area contributed by atoms with Gasteiger partial charge in [0.25, 0.3) is 10.1 Å². The Morgan fingerprint density at radius 1 is 1.05 bits per heavy atom. The van der Waals surface area contributed by atoms with Crippen LogP contribution in [0.15, 0.2) is 35.2 Å². The van der Waals surface area contributed by atoms with Gasteiger partial charge in [-0.25, -0.2) is 9.97 Å². The largest absolute Gasteiger partial charge is 0.508 e. The lowest BCUT2D eigenvalue weighted by Gasteiger charge is -2.07. The van der Waals surface area contributed by atoms with Gasteiger partial charge in [-0.05, 0) is 18.2 Å². The van der Waals surface area contributed by atoms with Crippen molar-refractivity contribution in [2.24, 2.45) is 0 Å². The number of phenols is 1. The highest BCUT2D eigenvalue weighted by atomic mass is 32.2. The fourth-order valence-electron chi connectivity index (χ4n) is 2.03. The van der Waals surface area contributed by atoms with Crippen LogP contribution in [0.3, 0.4) is 0 Å². The number of benzene rings is 2. The van der Waals surface area contributed by atoms with Gasteiger partial charge in [0.1, 0.15) is 17.0 Å². The summed E-state index contributed by atoms with van der Waals surface area (Å²) in [5.41, 5.74) is 1.53. The van der Waals surface area contributed by atoms with Gasteiger partial charge >= 0.3 is 0 Å². The standard InChI is InChI=1S/C13H10N2O5S/c1-20-12-5-7(16)4-11-13(12)15-9-3-2-8(21(17,18)19)6-10(9)14-11/h2-6,16H,1H3,(H,17,18,19). The maximum absolute atomic E-state index is 11.1. The number of fused-ring (bicyclic) bond motifs is 2. The summed E-state index contributed by atoms with van der Waals surface area (Å²) >= 11 is 0. The number of rotatable bonds is 2. The van der Waals surface area contributed by atoms with Crippen LogP contribution >= 0.6 is 0 Å². The molecule has 0 atom stereocenters. The molecule has 3 aromatic rings. The van der Waals surface area contributed by atoms with Crippen molar-refractivity contribution in [3.05, 3.63) is 30.3 Å². The van der Waals surface area contributed by atoms with E-state index in [1.165, 1.54) is 37.4 Å². The molecule has 0 aliphatic rings. The first-order valence-electron chi connectivity index (χ1n) is 5.84. The lowest BCUT2D eigenvalue weighted by molar-refractivity contribution is 0.412. The molecule has 8 heteroatoms. The molecule has 1 heterocycles. The number of hydrogen-bond donors (Lipinski definition) is 2. The molecular formula is C13H10N2O5S. The van der Waals surface area contributed by atoms with Crippen molar-refractivity contribution in [1.29, 1.82) is 0 Å². The normalized spacial score (nSPS) is 11.9. The maximum atomic E-state index is 11.1. The maximum Gasteiger partial charge on any atom is 0.294 e. The molecule has 2 N–H and O–H groups in total. The van der Waals surface area contributed by atoms with Gasteiger partial charge in [0.2, 0.25) is 0 Å². The van der Waals surface area contributed by atoms with Gasteiger partial charge in [-0.15, -0.1) is 0 Å². The predicted octanol–water partition coefficient (Wildman–Crippen LogP) is 1.74.